The number of likely N-dealkylation sites (tertiary alicyclic amines) is 1. The van der Waals surface area contributed by atoms with Crippen LogP contribution in [0.4, 0.5) is 5.69 Å². The molecule has 2 saturated heterocycles. The Balaban J connectivity index is 1.32. The number of hydrogen-bond donors (Lipinski definition) is 0. The van der Waals surface area contributed by atoms with Crippen LogP contribution in [0, 0.1) is 0 Å². The van der Waals surface area contributed by atoms with Gasteiger partial charge in [-0.25, -0.2) is 0 Å². The summed E-state index contributed by atoms with van der Waals surface area (Å²) in [5.74, 6) is 0.495. The van der Waals surface area contributed by atoms with Crippen LogP contribution in [0.15, 0.2) is 63.9 Å². The van der Waals surface area contributed by atoms with Crippen LogP contribution in [0.1, 0.15) is 18.4 Å². The number of nitrogens with zero attached hydrogens (tertiary/aromatic N) is 4. The fourth-order valence-corrected chi connectivity index (χ4v) is 5.82. The van der Waals surface area contributed by atoms with E-state index in [2.05, 4.69) is 21.4 Å². The number of fused-ring (bicyclic) bond motifs is 1. The quantitative estimate of drug-likeness (QED) is 0.737. The molecule has 0 bridgehead atoms. The highest BCUT2D eigenvalue weighted by Gasteiger charge is 2.40. The SMILES string of the molecule is O=C([C@@H]1CCCN1C1=NS(=O)(=O)c2ccccc21)N1CCN(c2ccccc2)CC1. The van der Waals surface area contributed by atoms with Crippen molar-refractivity contribution in [2.24, 2.45) is 4.40 Å². The van der Waals surface area contributed by atoms with Gasteiger partial charge in [0, 0.05) is 44.0 Å². The molecule has 3 heterocycles. The van der Waals surface area contributed by atoms with E-state index >= 15 is 0 Å². The molecule has 2 fully saturated rings. The van der Waals surface area contributed by atoms with Crippen LogP contribution in [0.3, 0.4) is 0 Å². The van der Waals surface area contributed by atoms with E-state index in [0.29, 0.717) is 31.0 Å². The smallest absolute Gasteiger partial charge is 0.285 e. The fourth-order valence-electron chi connectivity index (χ4n) is 4.61. The lowest BCUT2D eigenvalue weighted by Gasteiger charge is -2.38. The number of amidine groups is 1. The highest BCUT2D eigenvalue weighted by atomic mass is 32.2. The zero-order valence-electron chi connectivity index (χ0n) is 16.6. The first-order valence-electron chi connectivity index (χ1n) is 10.3. The molecule has 0 aliphatic carbocycles. The largest absolute Gasteiger partial charge is 0.368 e. The van der Waals surface area contributed by atoms with Gasteiger partial charge in [-0.05, 0) is 37.1 Å². The molecule has 3 aliphatic heterocycles. The van der Waals surface area contributed by atoms with Gasteiger partial charge in [-0.3, -0.25) is 4.79 Å². The second kappa shape index (κ2) is 7.43. The van der Waals surface area contributed by atoms with Crippen LogP contribution >= 0.6 is 0 Å². The number of rotatable bonds is 2. The van der Waals surface area contributed by atoms with Crippen molar-refractivity contribution in [1.82, 2.24) is 9.80 Å². The summed E-state index contributed by atoms with van der Waals surface area (Å²) in [6.07, 6.45) is 1.57. The molecule has 3 aliphatic rings. The molecule has 0 radical (unpaired) electrons. The van der Waals surface area contributed by atoms with Gasteiger partial charge in [0.2, 0.25) is 5.91 Å². The average Bonchev–Trinajstić information content (AvgIpc) is 3.37. The highest BCUT2D eigenvalue weighted by Crippen LogP contribution is 2.31. The third kappa shape index (κ3) is 3.25. The molecule has 7 nitrogen and oxygen atoms in total. The summed E-state index contributed by atoms with van der Waals surface area (Å²) in [5.41, 5.74) is 1.78. The van der Waals surface area contributed by atoms with E-state index < -0.39 is 10.0 Å². The molecule has 30 heavy (non-hydrogen) atoms. The summed E-state index contributed by atoms with van der Waals surface area (Å²) < 4.78 is 28.9. The second-order valence-electron chi connectivity index (χ2n) is 7.89. The van der Waals surface area contributed by atoms with Gasteiger partial charge in [0.05, 0.1) is 0 Å². The molecule has 1 atom stereocenters. The van der Waals surface area contributed by atoms with Crippen LogP contribution in [-0.2, 0) is 14.8 Å². The van der Waals surface area contributed by atoms with Crippen molar-refractivity contribution in [3.63, 3.8) is 0 Å². The monoisotopic (exact) mass is 424 g/mol. The van der Waals surface area contributed by atoms with Crippen molar-refractivity contribution in [1.29, 1.82) is 0 Å². The number of para-hydroxylation sites is 1. The first kappa shape index (κ1) is 19.1. The maximum atomic E-state index is 13.3. The maximum absolute atomic E-state index is 13.3. The van der Waals surface area contributed by atoms with Gasteiger partial charge in [0.15, 0.2) is 5.84 Å². The fraction of sp³-hybridized carbons (Fsp3) is 0.364. The van der Waals surface area contributed by atoms with E-state index in [1.807, 2.05) is 34.1 Å². The molecule has 0 spiro atoms. The topological polar surface area (TPSA) is 73.3 Å². The zero-order chi connectivity index (χ0) is 20.7. The first-order chi connectivity index (χ1) is 14.5. The second-order valence-corrected chi connectivity index (χ2v) is 9.46. The van der Waals surface area contributed by atoms with Crippen LogP contribution in [0.25, 0.3) is 0 Å². The normalized spacial score (nSPS) is 22.7. The molecule has 2 aromatic rings. The Kier molecular flexibility index (Phi) is 4.73. The third-order valence-electron chi connectivity index (χ3n) is 6.14. The first-order valence-corrected chi connectivity index (χ1v) is 11.8. The van der Waals surface area contributed by atoms with Gasteiger partial charge in [0.25, 0.3) is 10.0 Å². The zero-order valence-corrected chi connectivity index (χ0v) is 17.5. The summed E-state index contributed by atoms with van der Waals surface area (Å²) in [4.78, 5) is 19.7. The van der Waals surface area contributed by atoms with Crippen molar-refractivity contribution in [2.45, 2.75) is 23.8 Å². The summed E-state index contributed by atoms with van der Waals surface area (Å²) in [5, 5.41) is 0. The number of hydrogen-bond acceptors (Lipinski definition) is 5. The van der Waals surface area contributed by atoms with Crippen LogP contribution in [0.2, 0.25) is 0 Å². The number of benzene rings is 2. The molecule has 0 aromatic heterocycles. The van der Waals surface area contributed by atoms with E-state index in [0.717, 1.165) is 25.9 Å². The van der Waals surface area contributed by atoms with E-state index in [-0.39, 0.29) is 16.8 Å². The summed E-state index contributed by atoms with van der Waals surface area (Å²) in [6.45, 7) is 3.56. The minimum Gasteiger partial charge on any atom is -0.368 e. The van der Waals surface area contributed by atoms with Gasteiger partial charge in [0.1, 0.15) is 10.9 Å². The molecule has 8 heteroatoms. The molecule has 0 N–H and O–H groups in total. The standard InChI is InChI=1S/C22H24N4O3S/c27-22(25-15-13-24(14-16-25)17-7-2-1-3-8-17)19-10-6-12-26(19)21-18-9-4-5-11-20(18)30(28,29)23-21/h1-5,7-9,11,19H,6,10,12-16H2/t19-/m0/s1. The van der Waals surface area contributed by atoms with E-state index in [4.69, 9.17) is 0 Å². The van der Waals surface area contributed by atoms with E-state index in [1.54, 1.807) is 18.2 Å². The minimum absolute atomic E-state index is 0.0738. The lowest BCUT2D eigenvalue weighted by molar-refractivity contribution is -0.135. The number of piperazine rings is 1. The third-order valence-corrected chi connectivity index (χ3v) is 7.46. The molecular weight excluding hydrogens is 400 g/mol. The van der Waals surface area contributed by atoms with Crippen molar-refractivity contribution in [2.75, 3.05) is 37.6 Å². The van der Waals surface area contributed by atoms with Gasteiger partial charge in [-0.15, -0.1) is 4.40 Å². The Morgan fingerprint density at radius 2 is 1.60 bits per heavy atom. The van der Waals surface area contributed by atoms with Crippen molar-refractivity contribution >= 4 is 27.5 Å². The number of anilines is 1. The average molecular weight is 425 g/mol. The summed E-state index contributed by atoms with van der Waals surface area (Å²) in [6, 6.07) is 16.7. The Morgan fingerprint density at radius 1 is 0.900 bits per heavy atom. The van der Waals surface area contributed by atoms with Gasteiger partial charge in [-0.1, -0.05) is 30.3 Å². The Morgan fingerprint density at radius 3 is 2.37 bits per heavy atom. The number of amides is 1. The van der Waals surface area contributed by atoms with E-state index in [1.165, 1.54) is 5.69 Å². The molecular formula is C22H24N4O3S. The van der Waals surface area contributed by atoms with Crippen LogP contribution < -0.4 is 4.90 Å². The van der Waals surface area contributed by atoms with Gasteiger partial charge < -0.3 is 14.7 Å². The van der Waals surface area contributed by atoms with Crippen LogP contribution in [0.5, 0.6) is 0 Å². The molecule has 5 rings (SSSR count). The number of sulfonamides is 1. The van der Waals surface area contributed by atoms with E-state index in [9.17, 15) is 13.2 Å². The lowest BCUT2D eigenvalue weighted by Crippen LogP contribution is -2.54. The van der Waals surface area contributed by atoms with Crippen molar-refractivity contribution in [3.8, 4) is 0 Å². The lowest BCUT2D eigenvalue weighted by atomic mass is 10.1. The molecule has 156 valence electrons. The number of carbonyl (C=O) groups is 1. The predicted molar refractivity (Wildman–Crippen MR) is 115 cm³/mol. The molecule has 1 amide bonds. The van der Waals surface area contributed by atoms with Crippen LogP contribution in [-0.4, -0.2) is 68.7 Å². The summed E-state index contributed by atoms with van der Waals surface area (Å²) >= 11 is 0. The Labute approximate surface area is 176 Å². The predicted octanol–water partition coefficient (Wildman–Crippen LogP) is 1.95. The van der Waals surface area contributed by atoms with Crippen molar-refractivity contribution in [3.05, 3.63) is 60.2 Å². The Hall–Kier alpha value is -2.87. The summed E-state index contributed by atoms with van der Waals surface area (Å²) in [7, 11) is -3.69. The molecule has 0 saturated carbocycles. The molecule has 2 aromatic carbocycles. The van der Waals surface area contributed by atoms with Crippen molar-refractivity contribution < 1.29 is 13.2 Å². The minimum atomic E-state index is -3.69. The van der Waals surface area contributed by atoms with Gasteiger partial charge in [-0.2, -0.15) is 8.42 Å². The number of carbonyl (C=O) groups excluding carboxylic acids is 1. The maximum Gasteiger partial charge on any atom is 0.285 e. The highest BCUT2D eigenvalue weighted by molar-refractivity contribution is 7.90. The Bertz CT molecular complexity index is 1090. The molecule has 0 unspecified atom stereocenters. The van der Waals surface area contributed by atoms with Gasteiger partial charge >= 0.3 is 0 Å².